The van der Waals surface area contributed by atoms with Crippen molar-refractivity contribution in [1.82, 2.24) is 9.80 Å². The third-order valence-electron chi connectivity index (χ3n) is 3.55. The molecule has 116 valence electrons. The number of nitrogens with two attached hydrogens (primary N) is 1. The minimum absolute atomic E-state index is 0.126. The lowest BCUT2D eigenvalue weighted by molar-refractivity contribution is 0.0433. The molecule has 0 aromatic heterocycles. The van der Waals surface area contributed by atoms with Gasteiger partial charge in [-0.25, -0.2) is 13.6 Å². The Kier molecular flexibility index (Phi) is 5.08. The molecule has 1 fully saturated rings. The van der Waals surface area contributed by atoms with Crippen molar-refractivity contribution in [3.05, 3.63) is 29.3 Å². The minimum Gasteiger partial charge on any atom is -0.461 e. The van der Waals surface area contributed by atoms with Crippen LogP contribution in [0.25, 0.3) is 0 Å². The van der Waals surface area contributed by atoms with Gasteiger partial charge in [-0.2, -0.15) is 0 Å². The minimum atomic E-state index is -1.12. The maximum Gasteiger partial charge on any atom is 0.340 e. The van der Waals surface area contributed by atoms with E-state index in [1.807, 2.05) is 0 Å². The molecule has 1 aromatic rings. The summed E-state index contributed by atoms with van der Waals surface area (Å²) in [5.74, 6) is -2.93. The molecule has 1 aliphatic heterocycles. The van der Waals surface area contributed by atoms with Crippen molar-refractivity contribution >= 4 is 11.7 Å². The number of ether oxygens (including phenoxy) is 1. The molecule has 1 heterocycles. The molecule has 0 saturated carbocycles. The number of halogens is 2. The molecule has 0 aliphatic carbocycles. The molecule has 1 aromatic carbocycles. The van der Waals surface area contributed by atoms with E-state index in [-0.39, 0.29) is 17.9 Å². The van der Waals surface area contributed by atoms with Crippen molar-refractivity contribution in [2.24, 2.45) is 0 Å². The summed E-state index contributed by atoms with van der Waals surface area (Å²) in [5.41, 5.74) is 5.23. The van der Waals surface area contributed by atoms with Crippen LogP contribution in [0.15, 0.2) is 12.1 Å². The summed E-state index contributed by atoms with van der Waals surface area (Å²) in [7, 11) is 2.06. The molecule has 1 aliphatic rings. The van der Waals surface area contributed by atoms with E-state index in [0.29, 0.717) is 6.54 Å². The fraction of sp³-hybridized carbons (Fsp3) is 0.500. The Morgan fingerprint density at radius 1 is 1.24 bits per heavy atom. The van der Waals surface area contributed by atoms with Crippen LogP contribution in [0.3, 0.4) is 0 Å². The molecule has 0 unspecified atom stereocenters. The monoisotopic (exact) mass is 299 g/mol. The second-order valence-electron chi connectivity index (χ2n) is 5.13. The molecule has 0 radical (unpaired) electrons. The van der Waals surface area contributed by atoms with E-state index in [1.54, 1.807) is 0 Å². The quantitative estimate of drug-likeness (QED) is 0.663. The zero-order valence-corrected chi connectivity index (χ0v) is 11.9. The van der Waals surface area contributed by atoms with Gasteiger partial charge in [0, 0.05) is 44.5 Å². The summed E-state index contributed by atoms with van der Waals surface area (Å²) >= 11 is 0. The summed E-state index contributed by atoms with van der Waals surface area (Å²) in [5, 5.41) is 0. The molecule has 7 heteroatoms. The van der Waals surface area contributed by atoms with Crippen LogP contribution in [0.5, 0.6) is 0 Å². The van der Waals surface area contributed by atoms with E-state index in [1.165, 1.54) is 0 Å². The van der Waals surface area contributed by atoms with Gasteiger partial charge in [-0.3, -0.25) is 4.90 Å². The number of esters is 1. The number of benzene rings is 1. The van der Waals surface area contributed by atoms with Crippen molar-refractivity contribution in [3.8, 4) is 0 Å². The number of anilines is 1. The van der Waals surface area contributed by atoms with E-state index >= 15 is 0 Å². The highest BCUT2D eigenvalue weighted by molar-refractivity contribution is 5.95. The molecule has 2 N–H and O–H groups in total. The SMILES string of the molecule is CN1CCN(CCOC(=O)c2cc(F)c(F)cc2N)CC1. The Morgan fingerprint density at radius 2 is 1.86 bits per heavy atom. The fourth-order valence-corrected chi connectivity index (χ4v) is 2.16. The number of hydrogen-bond donors (Lipinski definition) is 1. The number of piperazine rings is 1. The van der Waals surface area contributed by atoms with Gasteiger partial charge < -0.3 is 15.4 Å². The number of carbonyl (C=O) groups excluding carboxylic acids is 1. The highest BCUT2D eigenvalue weighted by atomic mass is 19.2. The van der Waals surface area contributed by atoms with Crippen LogP contribution >= 0.6 is 0 Å². The van der Waals surface area contributed by atoms with Gasteiger partial charge in [0.25, 0.3) is 0 Å². The number of nitrogen functional groups attached to an aromatic ring is 1. The number of carbonyl (C=O) groups is 1. The number of likely N-dealkylation sites (N-methyl/N-ethyl adjacent to an activating group) is 1. The molecule has 5 nitrogen and oxygen atoms in total. The number of nitrogens with zero attached hydrogens (tertiary/aromatic N) is 2. The lowest BCUT2D eigenvalue weighted by Gasteiger charge is -2.32. The summed E-state index contributed by atoms with van der Waals surface area (Å²) in [4.78, 5) is 16.2. The van der Waals surface area contributed by atoms with Crippen LogP contribution in [0.4, 0.5) is 14.5 Å². The summed E-state index contributed by atoms with van der Waals surface area (Å²) < 4.78 is 31.1. The van der Waals surface area contributed by atoms with E-state index in [4.69, 9.17) is 10.5 Å². The Balaban J connectivity index is 1.83. The second-order valence-corrected chi connectivity index (χ2v) is 5.13. The van der Waals surface area contributed by atoms with E-state index in [0.717, 1.165) is 38.3 Å². The van der Waals surface area contributed by atoms with Gasteiger partial charge in [-0.15, -0.1) is 0 Å². The highest BCUT2D eigenvalue weighted by Gasteiger charge is 2.17. The lowest BCUT2D eigenvalue weighted by atomic mass is 10.1. The predicted octanol–water partition coefficient (Wildman–Crippen LogP) is 0.951. The summed E-state index contributed by atoms with van der Waals surface area (Å²) in [6.45, 7) is 4.60. The largest absolute Gasteiger partial charge is 0.461 e. The first kappa shape index (κ1) is 15.7. The van der Waals surface area contributed by atoms with E-state index < -0.39 is 17.6 Å². The van der Waals surface area contributed by atoms with Crippen molar-refractivity contribution in [2.75, 3.05) is 52.1 Å². The molecule has 0 amide bonds. The standard InChI is InChI=1S/C14H19F2N3O2/c1-18-2-4-19(5-3-18)6-7-21-14(20)10-8-11(15)12(16)9-13(10)17/h8-9H,2-7,17H2,1H3. The Morgan fingerprint density at radius 3 is 2.52 bits per heavy atom. The third-order valence-corrected chi connectivity index (χ3v) is 3.55. The maximum atomic E-state index is 13.1. The molecule has 21 heavy (non-hydrogen) atoms. The fourth-order valence-electron chi connectivity index (χ4n) is 2.16. The van der Waals surface area contributed by atoms with Gasteiger partial charge in [0.15, 0.2) is 11.6 Å². The van der Waals surface area contributed by atoms with E-state index in [9.17, 15) is 13.6 Å². The van der Waals surface area contributed by atoms with Crippen LogP contribution in [0.1, 0.15) is 10.4 Å². The van der Waals surface area contributed by atoms with Gasteiger partial charge in [0.05, 0.1) is 5.56 Å². The van der Waals surface area contributed by atoms with Crippen molar-refractivity contribution < 1.29 is 18.3 Å². The van der Waals surface area contributed by atoms with Gasteiger partial charge in [0.1, 0.15) is 6.61 Å². The van der Waals surface area contributed by atoms with Crippen LogP contribution in [-0.4, -0.2) is 62.1 Å². The summed E-state index contributed by atoms with van der Waals surface area (Å²) in [6, 6.07) is 1.55. The molecule has 1 saturated heterocycles. The van der Waals surface area contributed by atoms with Crippen LogP contribution < -0.4 is 5.73 Å². The normalized spacial score (nSPS) is 16.9. The first-order valence-electron chi connectivity index (χ1n) is 6.80. The van der Waals surface area contributed by atoms with Gasteiger partial charge in [-0.05, 0) is 13.1 Å². The zero-order valence-electron chi connectivity index (χ0n) is 11.9. The predicted molar refractivity (Wildman–Crippen MR) is 75.0 cm³/mol. The maximum absolute atomic E-state index is 13.1. The van der Waals surface area contributed by atoms with Crippen molar-refractivity contribution in [2.45, 2.75) is 0 Å². The topological polar surface area (TPSA) is 58.8 Å². The van der Waals surface area contributed by atoms with Gasteiger partial charge >= 0.3 is 5.97 Å². The van der Waals surface area contributed by atoms with Gasteiger partial charge in [-0.1, -0.05) is 0 Å². The average molecular weight is 299 g/mol. The van der Waals surface area contributed by atoms with E-state index in [2.05, 4.69) is 16.8 Å². The van der Waals surface area contributed by atoms with Crippen LogP contribution in [0, 0.1) is 11.6 Å². The molecule has 2 rings (SSSR count). The second kappa shape index (κ2) is 6.82. The van der Waals surface area contributed by atoms with Gasteiger partial charge in [0.2, 0.25) is 0 Å². The van der Waals surface area contributed by atoms with Crippen molar-refractivity contribution in [3.63, 3.8) is 0 Å². The zero-order chi connectivity index (χ0) is 15.4. The average Bonchev–Trinajstić information content (AvgIpc) is 2.45. The Labute approximate surface area is 122 Å². The smallest absolute Gasteiger partial charge is 0.340 e. The molecular formula is C14H19F2N3O2. The lowest BCUT2D eigenvalue weighted by Crippen LogP contribution is -2.45. The first-order valence-corrected chi connectivity index (χ1v) is 6.80. The third kappa shape index (κ3) is 4.12. The molecule has 0 atom stereocenters. The van der Waals surface area contributed by atoms with Crippen LogP contribution in [0.2, 0.25) is 0 Å². The van der Waals surface area contributed by atoms with Crippen LogP contribution in [-0.2, 0) is 4.74 Å². The number of rotatable bonds is 4. The highest BCUT2D eigenvalue weighted by Crippen LogP contribution is 2.17. The number of hydrogen-bond acceptors (Lipinski definition) is 5. The molecule has 0 spiro atoms. The van der Waals surface area contributed by atoms with Crippen molar-refractivity contribution in [1.29, 1.82) is 0 Å². The first-order chi connectivity index (χ1) is 9.97. The molecular weight excluding hydrogens is 280 g/mol. The summed E-state index contributed by atoms with van der Waals surface area (Å²) in [6.07, 6.45) is 0. The Bertz CT molecular complexity index is 517. The molecule has 0 bridgehead atoms. The Hall–Kier alpha value is -1.73.